The Hall–Kier alpha value is -2.06. The van der Waals surface area contributed by atoms with Crippen LogP contribution in [0, 0.1) is 6.92 Å². The predicted octanol–water partition coefficient (Wildman–Crippen LogP) is 2.21. The van der Waals surface area contributed by atoms with E-state index in [4.69, 9.17) is 4.74 Å². The first-order chi connectivity index (χ1) is 12.1. The molecule has 0 aliphatic rings. The molecule has 0 saturated carbocycles. The minimum atomic E-state index is -0.272. The van der Waals surface area contributed by atoms with E-state index in [0.717, 1.165) is 23.2 Å². The summed E-state index contributed by atoms with van der Waals surface area (Å²) in [6.45, 7) is 5.10. The first-order valence-electron chi connectivity index (χ1n) is 8.22. The fraction of sp³-hybridized carbons (Fsp3) is 0.471. The molecule has 0 aliphatic heterocycles. The molecule has 0 unspecified atom stereocenters. The highest BCUT2D eigenvalue weighted by Gasteiger charge is 2.13. The van der Waals surface area contributed by atoms with Gasteiger partial charge in [-0.05, 0) is 30.9 Å². The number of H-pyrrole nitrogens is 1. The van der Waals surface area contributed by atoms with Gasteiger partial charge in [-0.1, -0.05) is 36.9 Å². The maximum absolute atomic E-state index is 12.3. The summed E-state index contributed by atoms with van der Waals surface area (Å²) in [5.41, 5.74) is 2.74. The molecule has 8 heteroatoms. The van der Waals surface area contributed by atoms with Gasteiger partial charge >= 0.3 is 5.69 Å². The van der Waals surface area contributed by atoms with E-state index in [2.05, 4.69) is 22.4 Å². The molecular weight excluding hydrogens is 340 g/mol. The van der Waals surface area contributed by atoms with E-state index >= 15 is 0 Å². The number of para-hydroxylation sites is 1. The third-order valence-electron chi connectivity index (χ3n) is 3.79. The second kappa shape index (κ2) is 9.43. The van der Waals surface area contributed by atoms with Gasteiger partial charge in [0.1, 0.15) is 0 Å². The summed E-state index contributed by atoms with van der Waals surface area (Å²) >= 11 is 1.24. The van der Waals surface area contributed by atoms with Crippen LogP contribution in [0.25, 0.3) is 0 Å². The molecule has 1 aromatic heterocycles. The van der Waals surface area contributed by atoms with Gasteiger partial charge in [0.15, 0.2) is 5.16 Å². The molecule has 7 nitrogen and oxygen atoms in total. The van der Waals surface area contributed by atoms with Crippen LogP contribution in [0.4, 0.5) is 5.69 Å². The summed E-state index contributed by atoms with van der Waals surface area (Å²) in [4.78, 5) is 24.1. The van der Waals surface area contributed by atoms with E-state index in [-0.39, 0.29) is 17.3 Å². The average molecular weight is 364 g/mol. The molecule has 0 saturated heterocycles. The number of benzene rings is 1. The van der Waals surface area contributed by atoms with Crippen molar-refractivity contribution in [3.63, 3.8) is 0 Å². The van der Waals surface area contributed by atoms with E-state index in [1.54, 1.807) is 7.11 Å². The topological polar surface area (TPSA) is 89.0 Å². The number of hydrogen-bond acceptors (Lipinski definition) is 5. The molecule has 1 heterocycles. The first-order valence-corrected chi connectivity index (χ1v) is 9.20. The SMILES string of the molecule is CCc1cccc(C)c1NC(=O)CSc1n[nH]c(=O)n1CCCOC. The number of aryl methyl sites for hydroxylation is 2. The van der Waals surface area contributed by atoms with Gasteiger partial charge in [0.25, 0.3) is 0 Å². The minimum Gasteiger partial charge on any atom is -0.385 e. The van der Waals surface area contributed by atoms with Gasteiger partial charge in [-0.15, -0.1) is 5.10 Å². The standard InChI is InChI=1S/C17H24N4O3S/c1-4-13-8-5-7-12(2)15(13)18-14(22)11-25-17-20-19-16(23)21(17)9-6-10-24-3/h5,7-8H,4,6,9-11H2,1-3H3,(H,18,22)(H,19,23). The number of thioether (sulfide) groups is 1. The smallest absolute Gasteiger partial charge is 0.343 e. The molecule has 2 aromatic rings. The minimum absolute atomic E-state index is 0.118. The number of hydrogen-bond donors (Lipinski definition) is 2. The monoisotopic (exact) mass is 364 g/mol. The number of carbonyl (C=O) groups excluding carboxylic acids is 1. The molecule has 0 aliphatic carbocycles. The first kappa shape index (κ1) is 19.3. The van der Waals surface area contributed by atoms with E-state index in [9.17, 15) is 9.59 Å². The molecule has 1 amide bonds. The second-order valence-electron chi connectivity index (χ2n) is 5.61. The van der Waals surface area contributed by atoms with Crippen LogP contribution < -0.4 is 11.0 Å². The van der Waals surface area contributed by atoms with E-state index in [0.29, 0.717) is 24.7 Å². The number of carbonyl (C=O) groups is 1. The molecule has 2 N–H and O–H groups in total. The molecule has 1 aromatic carbocycles. The largest absolute Gasteiger partial charge is 0.385 e. The van der Waals surface area contributed by atoms with Crippen molar-refractivity contribution in [2.24, 2.45) is 0 Å². The Bertz CT molecular complexity index is 769. The highest BCUT2D eigenvalue weighted by molar-refractivity contribution is 7.99. The van der Waals surface area contributed by atoms with Crippen molar-refractivity contribution >= 4 is 23.4 Å². The molecule has 0 radical (unpaired) electrons. The second-order valence-corrected chi connectivity index (χ2v) is 6.55. The Morgan fingerprint density at radius 2 is 2.24 bits per heavy atom. The zero-order valence-electron chi connectivity index (χ0n) is 14.8. The quantitative estimate of drug-likeness (QED) is 0.526. The lowest BCUT2D eigenvalue weighted by Crippen LogP contribution is -2.20. The molecular formula is C17H24N4O3S. The Kier molecular flexibility index (Phi) is 7.27. The highest BCUT2D eigenvalue weighted by atomic mass is 32.2. The highest BCUT2D eigenvalue weighted by Crippen LogP contribution is 2.22. The summed E-state index contributed by atoms with van der Waals surface area (Å²) in [5, 5.41) is 9.91. The van der Waals surface area contributed by atoms with Gasteiger partial charge in [0.05, 0.1) is 5.75 Å². The Balaban J connectivity index is 1.98. The van der Waals surface area contributed by atoms with Crippen LogP contribution in [0.5, 0.6) is 0 Å². The van der Waals surface area contributed by atoms with Crippen LogP contribution in [-0.2, 0) is 22.5 Å². The number of aromatic nitrogens is 3. The molecule has 136 valence electrons. The third kappa shape index (κ3) is 5.20. The fourth-order valence-corrected chi connectivity index (χ4v) is 3.26. The van der Waals surface area contributed by atoms with Crippen molar-refractivity contribution in [3.8, 4) is 0 Å². The summed E-state index contributed by atoms with van der Waals surface area (Å²) in [6, 6.07) is 5.97. The van der Waals surface area contributed by atoms with Crippen LogP contribution in [-0.4, -0.2) is 40.1 Å². The fourth-order valence-electron chi connectivity index (χ4n) is 2.49. The number of ether oxygens (including phenoxy) is 1. The third-order valence-corrected chi connectivity index (χ3v) is 4.77. The van der Waals surface area contributed by atoms with Gasteiger partial charge in [-0.2, -0.15) is 0 Å². The normalized spacial score (nSPS) is 10.8. The van der Waals surface area contributed by atoms with Crippen LogP contribution >= 0.6 is 11.8 Å². The van der Waals surface area contributed by atoms with Crippen molar-refractivity contribution in [1.29, 1.82) is 0 Å². The summed E-state index contributed by atoms with van der Waals surface area (Å²) in [6.07, 6.45) is 1.56. The average Bonchev–Trinajstić information content (AvgIpc) is 2.95. The molecule has 2 rings (SSSR count). The van der Waals surface area contributed by atoms with Crippen molar-refractivity contribution in [2.45, 2.75) is 38.4 Å². The van der Waals surface area contributed by atoms with Crippen molar-refractivity contribution in [2.75, 3.05) is 24.8 Å². The lowest BCUT2D eigenvalue weighted by atomic mass is 10.1. The number of rotatable bonds is 9. The van der Waals surface area contributed by atoms with Crippen LogP contribution in [0.2, 0.25) is 0 Å². The molecule has 0 spiro atoms. The number of anilines is 1. The molecule has 0 bridgehead atoms. The van der Waals surface area contributed by atoms with Crippen molar-refractivity contribution in [1.82, 2.24) is 14.8 Å². The molecule has 0 fully saturated rings. The van der Waals surface area contributed by atoms with Gasteiger partial charge in [0, 0.05) is 25.9 Å². The maximum atomic E-state index is 12.3. The lowest BCUT2D eigenvalue weighted by Gasteiger charge is -2.12. The number of aromatic amines is 1. The van der Waals surface area contributed by atoms with Crippen molar-refractivity contribution < 1.29 is 9.53 Å². The number of amides is 1. The summed E-state index contributed by atoms with van der Waals surface area (Å²) in [5.74, 6) is 0.0689. The maximum Gasteiger partial charge on any atom is 0.343 e. The van der Waals surface area contributed by atoms with Crippen molar-refractivity contribution in [3.05, 3.63) is 39.8 Å². The van der Waals surface area contributed by atoms with E-state index in [1.807, 2.05) is 25.1 Å². The number of nitrogens with one attached hydrogen (secondary N) is 2. The van der Waals surface area contributed by atoms with Gasteiger partial charge in [-0.3, -0.25) is 9.36 Å². The van der Waals surface area contributed by atoms with Crippen LogP contribution in [0.15, 0.2) is 28.2 Å². The molecule has 25 heavy (non-hydrogen) atoms. The van der Waals surface area contributed by atoms with E-state index < -0.39 is 0 Å². The van der Waals surface area contributed by atoms with Gasteiger partial charge in [-0.25, -0.2) is 9.89 Å². The Morgan fingerprint density at radius 1 is 1.44 bits per heavy atom. The summed E-state index contributed by atoms with van der Waals surface area (Å²) < 4.78 is 6.53. The number of nitrogens with zero attached hydrogens (tertiary/aromatic N) is 2. The lowest BCUT2D eigenvalue weighted by molar-refractivity contribution is -0.113. The van der Waals surface area contributed by atoms with E-state index in [1.165, 1.54) is 16.3 Å². The molecule has 0 atom stereocenters. The number of methoxy groups -OCH3 is 1. The zero-order chi connectivity index (χ0) is 18.2. The van der Waals surface area contributed by atoms with Gasteiger partial charge in [0.2, 0.25) is 5.91 Å². The summed E-state index contributed by atoms with van der Waals surface area (Å²) in [7, 11) is 1.62. The Morgan fingerprint density at radius 3 is 2.96 bits per heavy atom. The van der Waals surface area contributed by atoms with Crippen LogP contribution in [0.3, 0.4) is 0 Å². The zero-order valence-corrected chi connectivity index (χ0v) is 15.6. The van der Waals surface area contributed by atoms with Crippen LogP contribution in [0.1, 0.15) is 24.5 Å². The predicted molar refractivity (Wildman–Crippen MR) is 99.3 cm³/mol. The van der Waals surface area contributed by atoms with Gasteiger partial charge < -0.3 is 10.1 Å². The Labute approximate surface area is 151 Å².